The molecule has 0 aromatic carbocycles. The summed E-state index contributed by atoms with van der Waals surface area (Å²) in [5.74, 6) is -0.253. The van der Waals surface area contributed by atoms with Crippen molar-refractivity contribution in [3.8, 4) is 0 Å². The van der Waals surface area contributed by atoms with Gasteiger partial charge in [-0.3, -0.25) is 14.9 Å². The molecule has 8 nitrogen and oxygen atoms in total. The highest BCUT2D eigenvalue weighted by Gasteiger charge is 2.33. The van der Waals surface area contributed by atoms with E-state index in [2.05, 4.69) is 20.2 Å². The molecule has 3 rings (SSSR count). The first-order valence-electron chi connectivity index (χ1n) is 7.29. The largest absolute Gasteiger partial charge is 0.329 e. The lowest BCUT2D eigenvalue weighted by Gasteiger charge is -2.35. The Morgan fingerprint density at radius 3 is 2.83 bits per heavy atom. The number of nitrogens with zero attached hydrogens (tertiary/aromatic N) is 4. The molecule has 1 aliphatic heterocycles. The van der Waals surface area contributed by atoms with Gasteiger partial charge in [0, 0.05) is 25.2 Å². The van der Waals surface area contributed by atoms with Crippen molar-refractivity contribution in [2.75, 3.05) is 12.8 Å². The molecule has 1 fully saturated rings. The quantitative estimate of drug-likeness (QED) is 0.895. The fourth-order valence-corrected chi connectivity index (χ4v) is 3.68. The van der Waals surface area contributed by atoms with Gasteiger partial charge in [0.25, 0.3) is 5.91 Å². The molecule has 0 radical (unpaired) electrons. The number of carbonyl (C=O) groups excluding carboxylic acids is 1. The van der Waals surface area contributed by atoms with E-state index in [0.717, 1.165) is 19.1 Å². The number of hydrogen-bond acceptors (Lipinski definition) is 6. The van der Waals surface area contributed by atoms with Gasteiger partial charge in [-0.05, 0) is 19.3 Å². The Morgan fingerprint density at radius 1 is 1.30 bits per heavy atom. The molecular weight excluding hydrogens is 318 g/mol. The van der Waals surface area contributed by atoms with Crippen LogP contribution in [-0.2, 0) is 9.84 Å². The molecule has 1 N–H and O–H groups in total. The number of nitrogens with one attached hydrogen (secondary N) is 1. The molecule has 0 unspecified atom stereocenters. The van der Waals surface area contributed by atoms with Gasteiger partial charge in [-0.15, -0.1) is 0 Å². The Morgan fingerprint density at radius 2 is 2.13 bits per heavy atom. The number of carbonyl (C=O) groups is 1. The van der Waals surface area contributed by atoms with Crippen LogP contribution in [0.2, 0.25) is 0 Å². The normalized spacial score (nSPS) is 18.8. The average Bonchev–Trinajstić information content (AvgIpc) is 3.05. The molecule has 122 valence electrons. The van der Waals surface area contributed by atoms with Gasteiger partial charge in [0.05, 0.1) is 24.1 Å². The second-order valence-corrected chi connectivity index (χ2v) is 7.51. The number of rotatable bonds is 3. The van der Waals surface area contributed by atoms with E-state index < -0.39 is 9.84 Å². The summed E-state index contributed by atoms with van der Waals surface area (Å²) in [5, 5.41) is 6.62. The SMILES string of the molecule is CS(=O)(=O)c1cn[nH]c1[C@H]1CCCCN1C(=O)c1cnccn1. The third-order valence-corrected chi connectivity index (χ3v) is 5.04. The van der Waals surface area contributed by atoms with E-state index in [0.29, 0.717) is 18.7 Å². The van der Waals surface area contributed by atoms with Gasteiger partial charge in [-0.1, -0.05) is 0 Å². The van der Waals surface area contributed by atoms with Crippen molar-refractivity contribution in [2.24, 2.45) is 0 Å². The van der Waals surface area contributed by atoms with Gasteiger partial charge in [0.2, 0.25) is 0 Å². The average molecular weight is 335 g/mol. The smallest absolute Gasteiger partial charge is 0.274 e. The molecule has 1 amide bonds. The van der Waals surface area contributed by atoms with Gasteiger partial charge in [-0.2, -0.15) is 5.10 Å². The highest BCUT2D eigenvalue weighted by Crippen LogP contribution is 2.33. The molecule has 0 spiro atoms. The Labute approximate surface area is 133 Å². The molecule has 2 aromatic rings. The van der Waals surface area contributed by atoms with Crippen LogP contribution in [0.1, 0.15) is 41.5 Å². The molecule has 3 heterocycles. The van der Waals surface area contributed by atoms with Crippen molar-refractivity contribution in [3.63, 3.8) is 0 Å². The van der Waals surface area contributed by atoms with Crippen LogP contribution < -0.4 is 0 Å². The van der Waals surface area contributed by atoms with Gasteiger partial charge in [0.1, 0.15) is 10.6 Å². The van der Waals surface area contributed by atoms with Crippen LogP contribution in [0, 0.1) is 0 Å². The summed E-state index contributed by atoms with van der Waals surface area (Å²) in [5.41, 5.74) is 0.712. The highest BCUT2D eigenvalue weighted by molar-refractivity contribution is 7.90. The summed E-state index contributed by atoms with van der Waals surface area (Å²) in [6.45, 7) is 0.544. The number of hydrogen-bond donors (Lipinski definition) is 1. The number of piperidine rings is 1. The maximum absolute atomic E-state index is 12.7. The van der Waals surface area contributed by atoms with Crippen LogP contribution in [0.5, 0.6) is 0 Å². The summed E-state index contributed by atoms with van der Waals surface area (Å²) < 4.78 is 23.8. The molecule has 0 bridgehead atoms. The Bertz CT molecular complexity index is 803. The predicted molar refractivity (Wildman–Crippen MR) is 81.4 cm³/mol. The first-order chi connectivity index (χ1) is 11.0. The van der Waals surface area contributed by atoms with Crippen LogP contribution >= 0.6 is 0 Å². The number of aromatic amines is 1. The van der Waals surface area contributed by atoms with Gasteiger partial charge >= 0.3 is 0 Å². The predicted octanol–water partition coefficient (Wildman–Crippen LogP) is 0.971. The Kier molecular flexibility index (Phi) is 4.12. The number of likely N-dealkylation sites (tertiary alicyclic amines) is 1. The van der Waals surface area contributed by atoms with Crippen LogP contribution in [0.15, 0.2) is 29.7 Å². The van der Waals surface area contributed by atoms with E-state index in [1.54, 1.807) is 4.90 Å². The van der Waals surface area contributed by atoms with Gasteiger partial charge < -0.3 is 4.90 Å². The molecule has 9 heteroatoms. The zero-order valence-corrected chi connectivity index (χ0v) is 13.5. The first-order valence-corrected chi connectivity index (χ1v) is 9.18. The van der Waals surface area contributed by atoms with Gasteiger partial charge in [0.15, 0.2) is 9.84 Å². The van der Waals surface area contributed by atoms with Crippen LogP contribution in [0.25, 0.3) is 0 Å². The summed E-state index contributed by atoms with van der Waals surface area (Å²) >= 11 is 0. The maximum Gasteiger partial charge on any atom is 0.274 e. The van der Waals surface area contributed by atoms with E-state index in [-0.39, 0.29) is 22.5 Å². The monoisotopic (exact) mass is 335 g/mol. The summed E-state index contributed by atoms with van der Waals surface area (Å²) in [6, 6.07) is -0.356. The highest BCUT2D eigenvalue weighted by atomic mass is 32.2. The molecule has 2 aromatic heterocycles. The molecule has 0 aliphatic carbocycles. The summed E-state index contributed by atoms with van der Waals surface area (Å²) in [7, 11) is -3.41. The van der Waals surface area contributed by atoms with E-state index in [1.165, 1.54) is 24.8 Å². The Hall–Kier alpha value is -2.29. The standard InChI is InChI=1S/C14H17N5O3S/c1-23(21,22)12-9-17-18-13(12)11-4-2-3-7-19(11)14(20)10-8-15-5-6-16-10/h5-6,8-9,11H,2-4,7H2,1H3,(H,17,18)/t11-/m1/s1. The summed E-state index contributed by atoms with van der Waals surface area (Å²) in [4.78, 5) is 22.5. The third kappa shape index (κ3) is 3.09. The fraction of sp³-hybridized carbons (Fsp3) is 0.429. The lowest BCUT2D eigenvalue weighted by atomic mass is 9.99. The van der Waals surface area contributed by atoms with E-state index >= 15 is 0 Å². The molecular formula is C14H17N5O3S. The number of aromatic nitrogens is 4. The lowest BCUT2D eigenvalue weighted by Crippen LogP contribution is -2.39. The zero-order chi connectivity index (χ0) is 16.4. The topological polar surface area (TPSA) is 109 Å². The van der Waals surface area contributed by atoms with E-state index in [4.69, 9.17) is 0 Å². The van der Waals surface area contributed by atoms with Crippen molar-refractivity contribution < 1.29 is 13.2 Å². The fourth-order valence-electron chi connectivity index (χ4n) is 2.85. The number of sulfone groups is 1. The summed E-state index contributed by atoms with van der Waals surface area (Å²) in [6.07, 6.45) is 9.27. The molecule has 23 heavy (non-hydrogen) atoms. The van der Waals surface area contributed by atoms with Crippen LogP contribution in [0.4, 0.5) is 0 Å². The second-order valence-electron chi connectivity index (χ2n) is 5.52. The molecule has 1 aliphatic rings. The van der Waals surface area contributed by atoms with Crippen molar-refractivity contribution in [2.45, 2.75) is 30.2 Å². The minimum absolute atomic E-state index is 0.140. The van der Waals surface area contributed by atoms with Crippen molar-refractivity contribution in [1.82, 2.24) is 25.1 Å². The maximum atomic E-state index is 12.7. The van der Waals surface area contributed by atoms with Crippen LogP contribution in [-0.4, -0.2) is 52.2 Å². The molecule has 1 atom stereocenters. The zero-order valence-electron chi connectivity index (χ0n) is 12.6. The number of amides is 1. The third-order valence-electron chi connectivity index (χ3n) is 3.91. The van der Waals surface area contributed by atoms with Crippen molar-refractivity contribution in [1.29, 1.82) is 0 Å². The molecule has 0 saturated carbocycles. The van der Waals surface area contributed by atoms with Gasteiger partial charge in [-0.25, -0.2) is 13.4 Å². The first kappa shape index (κ1) is 15.6. The van der Waals surface area contributed by atoms with Crippen molar-refractivity contribution in [3.05, 3.63) is 36.2 Å². The number of H-pyrrole nitrogens is 1. The lowest BCUT2D eigenvalue weighted by molar-refractivity contribution is 0.0595. The van der Waals surface area contributed by atoms with Crippen LogP contribution in [0.3, 0.4) is 0 Å². The minimum atomic E-state index is -3.41. The van der Waals surface area contributed by atoms with Crippen molar-refractivity contribution >= 4 is 15.7 Å². The molecule has 1 saturated heterocycles. The minimum Gasteiger partial charge on any atom is -0.329 e. The van der Waals surface area contributed by atoms with E-state index in [9.17, 15) is 13.2 Å². The second kappa shape index (κ2) is 6.07. The Balaban J connectivity index is 1.97. The van der Waals surface area contributed by atoms with E-state index in [1.807, 2.05) is 0 Å².